The Hall–Kier alpha value is -0.900. The number of benzene rings is 1. The SMILES string of the molecule is Cc1ccc(C)c(C(CO)NCC2CCCO2)c1. The Morgan fingerprint density at radius 2 is 2.28 bits per heavy atom. The standard InChI is InChI=1S/C15H23NO2/c1-11-5-6-12(2)14(8-11)15(10-17)16-9-13-4-3-7-18-13/h5-6,8,13,15-17H,3-4,7,9-10H2,1-2H3. The molecule has 0 spiro atoms. The van der Waals surface area contributed by atoms with Crippen LogP contribution in [-0.4, -0.2) is 31.0 Å². The lowest BCUT2D eigenvalue weighted by Crippen LogP contribution is -2.32. The molecule has 0 amide bonds. The van der Waals surface area contributed by atoms with Crippen LogP contribution in [0.25, 0.3) is 0 Å². The van der Waals surface area contributed by atoms with Gasteiger partial charge in [-0.15, -0.1) is 0 Å². The van der Waals surface area contributed by atoms with Crippen LogP contribution in [0, 0.1) is 13.8 Å². The van der Waals surface area contributed by atoms with Crippen LogP contribution in [0.15, 0.2) is 18.2 Å². The average Bonchev–Trinajstić information content (AvgIpc) is 2.87. The van der Waals surface area contributed by atoms with Crippen molar-refractivity contribution in [2.75, 3.05) is 19.8 Å². The summed E-state index contributed by atoms with van der Waals surface area (Å²) in [6.07, 6.45) is 2.58. The molecule has 0 radical (unpaired) electrons. The zero-order chi connectivity index (χ0) is 13.0. The summed E-state index contributed by atoms with van der Waals surface area (Å²) in [4.78, 5) is 0. The molecular weight excluding hydrogens is 226 g/mol. The van der Waals surface area contributed by atoms with E-state index in [9.17, 15) is 5.11 Å². The van der Waals surface area contributed by atoms with Crippen molar-refractivity contribution in [3.05, 3.63) is 34.9 Å². The lowest BCUT2D eigenvalue weighted by molar-refractivity contribution is 0.104. The molecule has 2 unspecified atom stereocenters. The average molecular weight is 249 g/mol. The Kier molecular flexibility index (Phi) is 4.75. The molecule has 1 aliphatic heterocycles. The molecule has 0 aliphatic carbocycles. The van der Waals surface area contributed by atoms with Gasteiger partial charge in [-0.3, -0.25) is 0 Å². The van der Waals surface area contributed by atoms with E-state index in [-0.39, 0.29) is 12.6 Å². The minimum Gasteiger partial charge on any atom is -0.394 e. The number of aliphatic hydroxyl groups excluding tert-OH is 1. The molecule has 0 aromatic heterocycles. The van der Waals surface area contributed by atoms with Gasteiger partial charge in [-0.1, -0.05) is 23.8 Å². The topological polar surface area (TPSA) is 41.5 Å². The third kappa shape index (κ3) is 3.31. The number of nitrogens with one attached hydrogen (secondary N) is 1. The largest absolute Gasteiger partial charge is 0.394 e. The van der Waals surface area contributed by atoms with Crippen molar-refractivity contribution in [1.29, 1.82) is 0 Å². The van der Waals surface area contributed by atoms with E-state index in [4.69, 9.17) is 4.74 Å². The van der Waals surface area contributed by atoms with E-state index in [0.717, 1.165) is 26.0 Å². The Morgan fingerprint density at radius 1 is 1.44 bits per heavy atom. The third-order valence-corrected chi connectivity index (χ3v) is 3.61. The van der Waals surface area contributed by atoms with Gasteiger partial charge in [0.05, 0.1) is 18.8 Å². The Balaban J connectivity index is 2.00. The summed E-state index contributed by atoms with van der Waals surface area (Å²) in [5, 5.41) is 13.0. The molecule has 18 heavy (non-hydrogen) atoms. The summed E-state index contributed by atoms with van der Waals surface area (Å²) in [5.41, 5.74) is 3.64. The van der Waals surface area contributed by atoms with Crippen LogP contribution in [0.1, 0.15) is 35.6 Å². The van der Waals surface area contributed by atoms with Crippen molar-refractivity contribution in [3.63, 3.8) is 0 Å². The fourth-order valence-corrected chi connectivity index (χ4v) is 2.49. The van der Waals surface area contributed by atoms with Gasteiger partial charge in [0.15, 0.2) is 0 Å². The van der Waals surface area contributed by atoms with Crippen LogP contribution >= 0.6 is 0 Å². The molecule has 3 heteroatoms. The number of aryl methyl sites for hydroxylation is 2. The van der Waals surface area contributed by atoms with E-state index < -0.39 is 0 Å². The number of ether oxygens (including phenoxy) is 1. The quantitative estimate of drug-likeness (QED) is 0.839. The second-order valence-corrected chi connectivity index (χ2v) is 5.14. The van der Waals surface area contributed by atoms with Crippen LogP contribution in [-0.2, 0) is 4.74 Å². The van der Waals surface area contributed by atoms with Crippen LogP contribution in [0.2, 0.25) is 0 Å². The highest BCUT2D eigenvalue weighted by atomic mass is 16.5. The maximum absolute atomic E-state index is 9.57. The fourth-order valence-electron chi connectivity index (χ4n) is 2.49. The fraction of sp³-hybridized carbons (Fsp3) is 0.600. The molecule has 1 aromatic rings. The van der Waals surface area contributed by atoms with Gasteiger partial charge in [-0.25, -0.2) is 0 Å². The summed E-state index contributed by atoms with van der Waals surface area (Å²) in [6.45, 7) is 5.98. The lowest BCUT2D eigenvalue weighted by Gasteiger charge is -2.21. The van der Waals surface area contributed by atoms with Gasteiger partial charge in [0, 0.05) is 13.2 Å². The summed E-state index contributed by atoms with van der Waals surface area (Å²) in [7, 11) is 0. The van der Waals surface area contributed by atoms with E-state index >= 15 is 0 Å². The number of aliphatic hydroxyl groups is 1. The first-order valence-electron chi connectivity index (χ1n) is 6.73. The van der Waals surface area contributed by atoms with E-state index in [0.29, 0.717) is 6.10 Å². The van der Waals surface area contributed by atoms with Gasteiger partial charge >= 0.3 is 0 Å². The van der Waals surface area contributed by atoms with Crippen molar-refractivity contribution in [2.45, 2.75) is 38.8 Å². The van der Waals surface area contributed by atoms with E-state index in [2.05, 4.69) is 37.4 Å². The first kappa shape index (κ1) is 13.5. The third-order valence-electron chi connectivity index (χ3n) is 3.61. The number of hydrogen-bond donors (Lipinski definition) is 2. The Morgan fingerprint density at radius 3 is 2.94 bits per heavy atom. The van der Waals surface area contributed by atoms with E-state index in [1.807, 2.05) is 0 Å². The summed E-state index contributed by atoms with van der Waals surface area (Å²) in [5.74, 6) is 0. The predicted octanol–water partition coefficient (Wildman–Crippen LogP) is 2.11. The zero-order valence-corrected chi connectivity index (χ0v) is 11.3. The number of hydrogen-bond acceptors (Lipinski definition) is 3. The molecule has 100 valence electrons. The smallest absolute Gasteiger partial charge is 0.0700 e. The molecule has 3 nitrogen and oxygen atoms in total. The molecule has 1 aromatic carbocycles. The van der Waals surface area contributed by atoms with Crippen molar-refractivity contribution >= 4 is 0 Å². The molecule has 1 fully saturated rings. The molecular formula is C15H23NO2. The normalized spacial score (nSPS) is 21.2. The highest BCUT2D eigenvalue weighted by molar-refractivity contribution is 5.33. The molecule has 1 aliphatic rings. The first-order valence-corrected chi connectivity index (χ1v) is 6.73. The second kappa shape index (κ2) is 6.32. The molecule has 0 bridgehead atoms. The zero-order valence-electron chi connectivity index (χ0n) is 11.3. The molecule has 1 saturated heterocycles. The maximum Gasteiger partial charge on any atom is 0.0700 e. The van der Waals surface area contributed by atoms with Crippen LogP contribution in [0.3, 0.4) is 0 Å². The molecule has 2 atom stereocenters. The maximum atomic E-state index is 9.57. The molecule has 1 heterocycles. The Labute approximate surface area is 109 Å². The van der Waals surface area contributed by atoms with Gasteiger partial charge in [0.25, 0.3) is 0 Å². The van der Waals surface area contributed by atoms with Crippen molar-refractivity contribution in [1.82, 2.24) is 5.32 Å². The summed E-state index contributed by atoms with van der Waals surface area (Å²) in [6, 6.07) is 6.38. The minimum absolute atomic E-state index is 0.00843. The Bertz CT molecular complexity index is 386. The van der Waals surface area contributed by atoms with Crippen molar-refractivity contribution in [2.24, 2.45) is 0 Å². The summed E-state index contributed by atoms with van der Waals surface area (Å²) >= 11 is 0. The highest BCUT2D eigenvalue weighted by Crippen LogP contribution is 2.20. The van der Waals surface area contributed by atoms with Crippen LogP contribution in [0.4, 0.5) is 0 Å². The molecule has 2 rings (SSSR count). The van der Waals surface area contributed by atoms with Crippen molar-refractivity contribution < 1.29 is 9.84 Å². The monoisotopic (exact) mass is 249 g/mol. The summed E-state index contributed by atoms with van der Waals surface area (Å²) < 4.78 is 5.59. The highest BCUT2D eigenvalue weighted by Gasteiger charge is 2.18. The van der Waals surface area contributed by atoms with Crippen molar-refractivity contribution in [3.8, 4) is 0 Å². The number of rotatable bonds is 5. The van der Waals surface area contributed by atoms with Gasteiger partial charge in [-0.2, -0.15) is 0 Å². The minimum atomic E-state index is 0.00843. The van der Waals surface area contributed by atoms with Gasteiger partial charge in [-0.05, 0) is 37.8 Å². The van der Waals surface area contributed by atoms with Gasteiger partial charge < -0.3 is 15.2 Å². The van der Waals surface area contributed by atoms with Gasteiger partial charge in [0.1, 0.15) is 0 Å². The lowest BCUT2D eigenvalue weighted by atomic mass is 9.99. The molecule has 2 N–H and O–H groups in total. The molecule has 0 saturated carbocycles. The van der Waals surface area contributed by atoms with Crippen LogP contribution in [0.5, 0.6) is 0 Å². The predicted molar refractivity (Wildman–Crippen MR) is 72.7 cm³/mol. The van der Waals surface area contributed by atoms with E-state index in [1.54, 1.807) is 0 Å². The van der Waals surface area contributed by atoms with Gasteiger partial charge in [0.2, 0.25) is 0 Å². The second-order valence-electron chi connectivity index (χ2n) is 5.14. The van der Waals surface area contributed by atoms with E-state index in [1.165, 1.54) is 16.7 Å². The van der Waals surface area contributed by atoms with Crippen LogP contribution < -0.4 is 5.32 Å². The first-order chi connectivity index (χ1) is 8.70.